The molecule has 3 aromatic carbocycles. The highest BCUT2D eigenvalue weighted by Gasteiger charge is 2.29. The molecule has 0 bridgehead atoms. The van der Waals surface area contributed by atoms with Gasteiger partial charge in [-0.2, -0.15) is 4.31 Å². The predicted octanol–water partition coefficient (Wildman–Crippen LogP) is 5.44. The van der Waals surface area contributed by atoms with Gasteiger partial charge in [0.1, 0.15) is 0 Å². The molecule has 0 aliphatic carbocycles. The molecule has 1 aromatic heterocycles. The number of fused-ring (bicyclic) bond motifs is 3. The highest BCUT2D eigenvalue weighted by molar-refractivity contribution is 7.89. The van der Waals surface area contributed by atoms with E-state index in [0.717, 1.165) is 38.5 Å². The Morgan fingerprint density at radius 1 is 1.03 bits per heavy atom. The number of H-pyrrole nitrogens is 1. The van der Waals surface area contributed by atoms with E-state index in [-0.39, 0.29) is 23.7 Å². The zero-order valence-electron chi connectivity index (χ0n) is 21.4. The molecule has 0 amide bonds. The smallest absolute Gasteiger partial charge is 0.269 e. The van der Waals surface area contributed by atoms with Gasteiger partial charge in [-0.15, -0.1) is 0 Å². The molecule has 10 heteroatoms. The van der Waals surface area contributed by atoms with Gasteiger partial charge in [-0.05, 0) is 62.6 Å². The Hall–Kier alpha value is -3.31. The highest BCUT2D eigenvalue weighted by atomic mass is 32.2. The van der Waals surface area contributed by atoms with Crippen molar-refractivity contribution in [1.29, 1.82) is 0 Å². The van der Waals surface area contributed by atoms with Crippen LogP contribution in [0.25, 0.3) is 21.8 Å². The number of hydrogen-bond donors (Lipinski definition) is 1. The van der Waals surface area contributed by atoms with Crippen LogP contribution in [-0.2, 0) is 26.0 Å². The maximum Gasteiger partial charge on any atom is 0.269 e. The fraction of sp³-hybridized carbons (Fsp3) is 0.333. The molecule has 37 heavy (non-hydrogen) atoms. The number of nitro benzene ring substituents is 1. The summed E-state index contributed by atoms with van der Waals surface area (Å²) in [7, 11) is -4.04. The number of nitrogens with zero attached hydrogens (tertiary/aromatic N) is 2. The number of rotatable bonds is 11. The first-order valence-electron chi connectivity index (χ1n) is 12.1. The van der Waals surface area contributed by atoms with Gasteiger partial charge in [-0.3, -0.25) is 10.1 Å². The van der Waals surface area contributed by atoms with Gasteiger partial charge in [0.05, 0.1) is 16.4 Å². The molecule has 1 heterocycles. The number of sulfonamides is 1. The third-order valence-electron chi connectivity index (χ3n) is 6.44. The Balaban J connectivity index is 1.80. The first-order chi connectivity index (χ1) is 17.7. The first-order valence-corrected chi connectivity index (χ1v) is 13.6. The number of ether oxygens (including phenoxy) is 2. The summed E-state index contributed by atoms with van der Waals surface area (Å²) < 4.78 is 40.3. The number of hydrogen-bond acceptors (Lipinski definition) is 6. The SMILES string of the molecule is CCOC(CN(Cc1cc(C)c2[nH]c3ccccc3c2c1C)S(=O)(=O)c1ccc([N+](=O)[O-])cc1)OCC. The van der Waals surface area contributed by atoms with Crippen LogP contribution in [0.15, 0.2) is 59.5 Å². The van der Waals surface area contributed by atoms with E-state index in [1.54, 1.807) is 0 Å². The van der Waals surface area contributed by atoms with E-state index in [4.69, 9.17) is 9.47 Å². The van der Waals surface area contributed by atoms with Crippen molar-refractivity contribution >= 4 is 37.5 Å². The lowest BCUT2D eigenvalue weighted by atomic mass is 9.98. The topological polar surface area (TPSA) is 115 Å². The number of nitrogens with one attached hydrogen (secondary N) is 1. The molecule has 0 fully saturated rings. The van der Waals surface area contributed by atoms with E-state index < -0.39 is 21.2 Å². The Kier molecular flexibility index (Phi) is 7.93. The van der Waals surface area contributed by atoms with Crippen molar-refractivity contribution in [2.75, 3.05) is 19.8 Å². The fourth-order valence-corrected chi connectivity index (χ4v) is 6.02. The average Bonchev–Trinajstić information content (AvgIpc) is 3.27. The molecule has 0 atom stereocenters. The van der Waals surface area contributed by atoms with Crippen molar-refractivity contribution in [3.63, 3.8) is 0 Å². The van der Waals surface area contributed by atoms with Gasteiger partial charge in [0.25, 0.3) is 5.69 Å². The molecule has 0 spiro atoms. The molecule has 0 unspecified atom stereocenters. The highest BCUT2D eigenvalue weighted by Crippen LogP contribution is 2.33. The lowest BCUT2D eigenvalue weighted by Crippen LogP contribution is -2.39. The lowest BCUT2D eigenvalue weighted by molar-refractivity contribution is -0.384. The second-order valence-electron chi connectivity index (χ2n) is 8.79. The van der Waals surface area contributed by atoms with Crippen molar-refractivity contribution in [3.8, 4) is 0 Å². The average molecular weight is 526 g/mol. The van der Waals surface area contributed by atoms with Gasteiger partial charge >= 0.3 is 0 Å². The predicted molar refractivity (Wildman–Crippen MR) is 143 cm³/mol. The maximum absolute atomic E-state index is 13.8. The fourth-order valence-electron chi connectivity index (χ4n) is 4.61. The lowest BCUT2D eigenvalue weighted by Gasteiger charge is -2.27. The van der Waals surface area contributed by atoms with Crippen molar-refractivity contribution in [2.24, 2.45) is 0 Å². The van der Waals surface area contributed by atoms with Crippen molar-refractivity contribution in [1.82, 2.24) is 9.29 Å². The largest absolute Gasteiger partial charge is 0.354 e. The Morgan fingerprint density at radius 3 is 2.30 bits per heavy atom. The van der Waals surface area contributed by atoms with E-state index in [9.17, 15) is 18.5 Å². The minimum Gasteiger partial charge on any atom is -0.354 e. The third-order valence-corrected chi connectivity index (χ3v) is 8.26. The molecule has 1 N–H and O–H groups in total. The van der Waals surface area contributed by atoms with E-state index in [2.05, 4.69) is 11.1 Å². The van der Waals surface area contributed by atoms with Crippen molar-refractivity contribution in [3.05, 3.63) is 81.4 Å². The number of aromatic nitrogens is 1. The van der Waals surface area contributed by atoms with E-state index in [0.29, 0.717) is 13.2 Å². The molecule has 4 rings (SSSR count). The normalized spacial score (nSPS) is 12.3. The second-order valence-corrected chi connectivity index (χ2v) is 10.7. The van der Waals surface area contributed by atoms with Crippen LogP contribution in [-0.4, -0.2) is 48.7 Å². The molecule has 0 radical (unpaired) electrons. The van der Waals surface area contributed by atoms with E-state index >= 15 is 0 Å². The molecule has 196 valence electrons. The summed E-state index contributed by atoms with van der Waals surface area (Å²) in [5.74, 6) is 0. The van der Waals surface area contributed by atoms with Gasteiger partial charge in [-0.1, -0.05) is 24.3 Å². The van der Waals surface area contributed by atoms with Gasteiger partial charge in [0.2, 0.25) is 10.0 Å². The maximum atomic E-state index is 13.8. The molecule has 0 saturated heterocycles. The van der Waals surface area contributed by atoms with Gasteiger partial charge < -0.3 is 14.5 Å². The Labute approximate surface area is 216 Å². The molecule has 0 aliphatic heterocycles. The number of nitro groups is 1. The Bertz CT molecular complexity index is 1520. The number of aromatic amines is 1. The monoisotopic (exact) mass is 525 g/mol. The molecule has 9 nitrogen and oxygen atoms in total. The van der Waals surface area contributed by atoms with Gasteiger partial charge in [-0.25, -0.2) is 8.42 Å². The van der Waals surface area contributed by atoms with Crippen LogP contribution in [0.5, 0.6) is 0 Å². The van der Waals surface area contributed by atoms with Crippen LogP contribution in [0.2, 0.25) is 0 Å². The summed E-state index contributed by atoms with van der Waals surface area (Å²) in [6.07, 6.45) is -0.763. The van der Waals surface area contributed by atoms with E-state index in [1.807, 2.05) is 52.0 Å². The van der Waals surface area contributed by atoms with Gasteiger partial charge in [0.15, 0.2) is 6.29 Å². The molecular formula is C27H31N3O6S. The number of aryl methyl sites for hydroxylation is 2. The van der Waals surface area contributed by atoms with E-state index in [1.165, 1.54) is 28.6 Å². The summed E-state index contributed by atoms with van der Waals surface area (Å²) in [5, 5.41) is 13.2. The standard InChI is InChI=1S/C27H31N3O6S/c1-5-35-25(36-6-2)17-29(37(33,34)22-13-11-21(12-14-22)30(31)32)16-20-15-18(3)27-26(19(20)4)23-9-7-8-10-24(23)28-27/h7-15,25,28H,5-6,16-17H2,1-4H3. The minimum atomic E-state index is -4.04. The zero-order valence-corrected chi connectivity index (χ0v) is 22.2. The number of benzene rings is 3. The summed E-state index contributed by atoms with van der Waals surface area (Å²) in [4.78, 5) is 14.0. The molecule has 0 aliphatic rings. The summed E-state index contributed by atoms with van der Waals surface area (Å²) in [6.45, 7) is 8.39. The second kappa shape index (κ2) is 11.0. The molecule has 0 saturated carbocycles. The van der Waals surface area contributed by atoms with Crippen LogP contribution in [0, 0.1) is 24.0 Å². The summed E-state index contributed by atoms with van der Waals surface area (Å²) >= 11 is 0. The van der Waals surface area contributed by atoms with Gasteiger partial charge in [0, 0.05) is 53.7 Å². The molecule has 4 aromatic rings. The first kappa shape index (κ1) is 26.7. The van der Waals surface area contributed by atoms with Crippen LogP contribution >= 0.6 is 0 Å². The number of non-ortho nitro benzene ring substituents is 1. The summed E-state index contributed by atoms with van der Waals surface area (Å²) in [5.41, 5.74) is 4.70. The minimum absolute atomic E-state index is 0.0348. The number of para-hydroxylation sites is 1. The van der Waals surface area contributed by atoms with Crippen LogP contribution < -0.4 is 0 Å². The quantitative estimate of drug-likeness (QED) is 0.158. The summed E-state index contributed by atoms with van der Waals surface area (Å²) in [6, 6.07) is 14.9. The molecular weight excluding hydrogens is 494 g/mol. The van der Waals surface area contributed by atoms with Crippen molar-refractivity contribution < 1.29 is 22.8 Å². The zero-order chi connectivity index (χ0) is 26.7. The van der Waals surface area contributed by atoms with Crippen molar-refractivity contribution in [2.45, 2.75) is 45.4 Å². The van der Waals surface area contributed by atoms with Crippen LogP contribution in [0.4, 0.5) is 5.69 Å². The van der Waals surface area contributed by atoms with Crippen LogP contribution in [0.3, 0.4) is 0 Å². The van der Waals surface area contributed by atoms with Crippen LogP contribution in [0.1, 0.15) is 30.5 Å². The third kappa shape index (κ3) is 5.37. The Morgan fingerprint density at radius 2 is 1.68 bits per heavy atom.